The number of primary amides is 1. The first-order valence-electron chi connectivity index (χ1n) is 8.57. The van der Waals surface area contributed by atoms with Crippen LogP contribution in [-0.2, 0) is 6.54 Å². The SMILES string of the molecule is Cc1cc(CN(C)CCC(C)C)ccc1Oc1ccc(C(N)=O)cn1. The summed E-state index contributed by atoms with van der Waals surface area (Å²) in [5, 5.41) is 0. The van der Waals surface area contributed by atoms with Gasteiger partial charge >= 0.3 is 0 Å². The van der Waals surface area contributed by atoms with Gasteiger partial charge < -0.3 is 15.4 Å². The third-order valence-corrected chi connectivity index (χ3v) is 4.02. The predicted octanol–water partition coefficient (Wildman–Crippen LogP) is 3.76. The molecule has 0 fully saturated rings. The van der Waals surface area contributed by atoms with Gasteiger partial charge in [0.05, 0.1) is 5.56 Å². The van der Waals surface area contributed by atoms with Crippen LogP contribution in [0.25, 0.3) is 0 Å². The zero-order valence-electron chi connectivity index (χ0n) is 15.5. The average Bonchev–Trinajstić information content (AvgIpc) is 2.56. The van der Waals surface area contributed by atoms with Crippen LogP contribution in [-0.4, -0.2) is 29.4 Å². The number of carbonyl (C=O) groups excluding carboxylic acids is 1. The number of nitrogens with zero attached hydrogens (tertiary/aromatic N) is 2. The highest BCUT2D eigenvalue weighted by Gasteiger charge is 2.07. The van der Waals surface area contributed by atoms with Gasteiger partial charge in [-0.05, 0) is 56.1 Å². The highest BCUT2D eigenvalue weighted by Crippen LogP contribution is 2.25. The zero-order valence-corrected chi connectivity index (χ0v) is 15.5. The zero-order chi connectivity index (χ0) is 18.4. The maximum Gasteiger partial charge on any atom is 0.250 e. The lowest BCUT2D eigenvalue weighted by atomic mass is 10.1. The maximum absolute atomic E-state index is 11.1. The van der Waals surface area contributed by atoms with E-state index in [2.05, 4.69) is 42.9 Å². The molecule has 1 amide bonds. The monoisotopic (exact) mass is 341 g/mol. The van der Waals surface area contributed by atoms with E-state index < -0.39 is 5.91 Å². The van der Waals surface area contributed by atoms with E-state index in [9.17, 15) is 4.79 Å². The molecule has 0 bridgehead atoms. The third kappa shape index (κ3) is 5.87. The van der Waals surface area contributed by atoms with Crippen molar-refractivity contribution < 1.29 is 9.53 Å². The van der Waals surface area contributed by atoms with Crippen LogP contribution < -0.4 is 10.5 Å². The van der Waals surface area contributed by atoms with Crippen LogP contribution in [0.5, 0.6) is 11.6 Å². The molecule has 0 atom stereocenters. The molecule has 2 N–H and O–H groups in total. The number of aromatic nitrogens is 1. The standard InChI is InChI=1S/C20H27N3O2/c1-14(2)9-10-23(4)13-16-5-7-18(15(3)11-16)25-19-8-6-17(12-22-19)20(21)24/h5-8,11-12,14H,9-10,13H2,1-4H3,(H2,21,24). The normalized spacial score (nSPS) is 11.1. The summed E-state index contributed by atoms with van der Waals surface area (Å²) < 4.78 is 5.81. The van der Waals surface area contributed by atoms with E-state index in [1.165, 1.54) is 18.2 Å². The van der Waals surface area contributed by atoms with E-state index in [1.54, 1.807) is 12.1 Å². The largest absolute Gasteiger partial charge is 0.439 e. The summed E-state index contributed by atoms with van der Waals surface area (Å²) in [4.78, 5) is 17.5. The van der Waals surface area contributed by atoms with Gasteiger partial charge in [-0.15, -0.1) is 0 Å². The number of rotatable bonds is 8. The van der Waals surface area contributed by atoms with Gasteiger partial charge in [-0.3, -0.25) is 4.79 Å². The number of benzene rings is 1. The van der Waals surface area contributed by atoms with Crippen molar-refractivity contribution in [2.45, 2.75) is 33.7 Å². The van der Waals surface area contributed by atoms with Gasteiger partial charge in [0, 0.05) is 18.8 Å². The minimum absolute atomic E-state index is 0.365. The molecule has 1 heterocycles. The molecule has 5 nitrogen and oxygen atoms in total. The number of aryl methyl sites for hydroxylation is 1. The van der Waals surface area contributed by atoms with Gasteiger partial charge in [0.1, 0.15) is 5.75 Å². The molecular weight excluding hydrogens is 314 g/mol. The Labute approximate surface area is 149 Å². The molecule has 0 saturated carbocycles. The van der Waals surface area contributed by atoms with Crippen molar-refractivity contribution in [3.8, 4) is 11.6 Å². The van der Waals surface area contributed by atoms with E-state index >= 15 is 0 Å². The number of pyridine rings is 1. The Kier molecular flexibility index (Phi) is 6.53. The number of amides is 1. The lowest BCUT2D eigenvalue weighted by Gasteiger charge is -2.18. The highest BCUT2D eigenvalue weighted by atomic mass is 16.5. The molecule has 0 aliphatic carbocycles. The second-order valence-corrected chi connectivity index (χ2v) is 6.87. The molecule has 25 heavy (non-hydrogen) atoms. The Morgan fingerprint density at radius 1 is 1.28 bits per heavy atom. The summed E-state index contributed by atoms with van der Waals surface area (Å²) >= 11 is 0. The predicted molar refractivity (Wildman–Crippen MR) is 99.8 cm³/mol. The van der Waals surface area contributed by atoms with Crippen LogP contribution in [0.4, 0.5) is 0 Å². The smallest absolute Gasteiger partial charge is 0.250 e. The molecule has 0 saturated heterocycles. The Hall–Kier alpha value is -2.40. The topological polar surface area (TPSA) is 68.5 Å². The summed E-state index contributed by atoms with van der Waals surface area (Å²) in [6.07, 6.45) is 2.62. The van der Waals surface area contributed by atoms with Crippen LogP contribution in [0.15, 0.2) is 36.5 Å². The fraction of sp³-hybridized carbons (Fsp3) is 0.400. The molecule has 0 radical (unpaired) electrons. The molecule has 5 heteroatoms. The van der Waals surface area contributed by atoms with Crippen LogP contribution in [0.3, 0.4) is 0 Å². The molecule has 2 aromatic rings. The van der Waals surface area contributed by atoms with E-state index in [-0.39, 0.29) is 0 Å². The summed E-state index contributed by atoms with van der Waals surface area (Å²) in [6.45, 7) is 8.51. The van der Waals surface area contributed by atoms with E-state index in [1.807, 2.05) is 13.0 Å². The van der Waals surface area contributed by atoms with Gasteiger partial charge in [0.2, 0.25) is 11.8 Å². The summed E-state index contributed by atoms with van der Waals surface area (Å²) in [5.74, 6) is 1.41. The summed E-state index contributed by atoms with van der Waals surface area (Å²) in [5.41, 5.74) is 7.88. The molecular formula is C20H27N3O2. The first-order valence-corrected chi connectivity index (χ1v) is 8.57. The highest BCUT2D eigenvalue weighted by molar-refractivity contribution is 5.92. The maximum atomic E-state index is 11.1. The van der Waals surface area contributed by atoms with Gasteiger partial charge in [-0.2, -0.15) is 0 Å². The van der Waals surface area contributed by atoms with E-state index in [0.717, 1.165) is 24.4 Å². The van der Waals surface area contributed by atoms with Crippen LogP contribution >= 0.6 is 0 Å². The van der Waals surface area contributed by atoms with Gasteiger partial charge in [0.15, 0.2) is 0 Å². The van der Waals surface area contributed by atoms with E-state index in [0.29, 0.717) is 17.4 Å². The van der Waals surface area contributed by atoms with Crippen molar-refractivity contribution >= 4 is 5.91 Å². The quantitative estimate of drug-likeness (QED) is 0.794. The minimum Gasteiger partial charge on any atom is -0.439 e. The lowest BCUT2D eigenvalue weighted by Crippen LogP contribution is -2.20. The summed E-state index contributed by atoms with van der Waals surface area (Å²) in [7, 11) is 2.15. The lowest BCUT2D eigenvalue weighted by molar-refractivity contribution is 0.1000. The molecule has 0 unspecified atom stereocenters. The minimum atomic E-state index is -0.499. The second kappa shape index (κ2) is 8.62. The third-order valence-electron chi connectivity index (χ3n) is 4.02. The molecule has 1 aromatic heterocycles. The molecule has 1 aromatic carbocycles. The van der Waals surface area contributed by atoms with Gasteiger partial charge in [-0.25, -0.2) is 4.98 Å². The fourth-order valence-corrected chi connectivity index (χ4v) is 2.49. The fourth-order valence-electron chi connectivity index (χ4n) is 2.49. The molecule has 0 spiro atoms. The molecule has 0 aliphatic heterocycles. The molecule has 0 aliphatic rings. The average molecular weight is 341 g/mol. The van der Waals surface area contributed by atoms with Crippen LogP contribution in [0.1, 0.15) is 41.8 Å². The Balaban J connectivity index is 2.00. The van der Waals surface area contributed by atoms with Gasteiger partial charge in [-0.1, -0.05) is 26.0 Å². The Bertz CT molecular complexity index is 711. The van der Waals surface area contributed by atoms with Crippen LogP contribution in [0.2, 0.25) is 0 Å². The van der Waals surface area contributed by atoms with E-state index in [4.69, 9.17) is 10.5 Å². The number of hydrogen-bond acceptors (Lipinski definition) is 4. The Morgan fingerprint density at radius 3 is 2.60 bits per heavy atom. The van der Waals surface area contributed by atoms with Crippen LogP contribution in [0, 0.1) is 12.8 Å². The number of carbonyl (C=O) groups is 1. The van der Waals surface area contributed by atoms with Crippen molar-refractivity contribution in [3.05, 3.63) is 53.2 Å². The number of ether oxygens (including phenoxy) is 1. The number of hydrogen-bond donors (Lipinski definition) is 1. The first kappa shape index (κ1) is 18.9. The van der Waals surface area contributed by atoms with Crippen molar-refractivity contribution in [2.24, 2.45) is 11.7 Å². The molecule has 2 rings (SSSR count). The Morgan fingerprint density at radius 2 is 2.04 bits per heavy atom. The second-order valence-electron chi connectivity index (χ2n) is 6.87. The first-order chi connectivity index (χ1) is 11.8. The molecule has 134 valence electrons. The van der Waals surface area contributed by atoms with Crippen molar-refractivity contribution in [2.75, 3.05) is 13.6 Å². The van der Waals surface area contributed by atoms with Crippen molar-refractivity contribution in [3.63, 3.8) is 0 Å². The van der Waals surface area contributed by atoms with Crippen molar-refractivity contribution in [1.82, 2.24) is 9.88 Å². The number of nitrogens with two attached hydrogens (primary N) is 1. The van der Waals surface area contributed by atoms with Gasteiger partial charge in [0.25, 0.3) is 0 Å². The summed E-state index contributed by atoms with van der Waals surface area (Å²) in [6, 6.07) is 9.43. The van der Waals surface area contributed by atoms with Crippen molar-refractivity contribution in [1.29, 1.82) is 0 Å².